The number of methoxy groups -OCH3 is 1. The van der Waals surface area contributed by atoms with Crippen LogP contribution in [0.25, 0.3) is 0 Å². The molecule has 0 radical (unpaired) electrons. The summed E-state index contributed by atoms with van der Waals surface area (Å²) in [4.78, 5) is 25.5. The molecule has 3 rings (SSSR count). The number of carbonyl (C=O) groups excluding carboxylic acids is 1. The van der Waals surface area contributed by atoms with E-state index in [-0.39, 0.29) is 24.5 Å². The van der Waals surface area contributed by atoms with E-state index in [9.17, 15) is 9.59 Å². The second kappa shape index (κ2) is 7.21. The lowest BCUT2D eigenvalue weighted by Crippen LogP contribution is -2.55. The molecule has 0 spiro atoms. The number of aliphatic carboxylic acids is 1. The van der Waals surface area contributed by atoms with Crippen molar-refractivity contribution in [3.05, 3.63) is 29.8 Å². The van der Waals surface area contributed by atoms with E-state index in [0.717, 1.165) is 19.4 Å². The molecular weight excluding hydrogens is 308 g/mol. The molecule has 2 fully saturated rings. The Balaban J connectivity index is 1.51. The van der Waals surface area contributed by atoms with E-state index >= 15 is 0 Å². The molecule has 0 saturated heterocycles. The molecule has 1 amide bonds. The van der Waals surface area contributed by atoms with E-state index in [4.69, 9.17) is 9.84 Å². The van der Waals surface area contributed by atoms with Crippen molar-refractivity contribution in [2.75, 3.05) is 20.2 Å². The van der Waals surface area contributed by atoms with Crippen LogP contribution >= 0.6 is 0 Å². The van der Waals surface area contributed by atoms with Gasteiger partial charge in [0, 0.05) is 18.6 Å². The van der Waals surface area contributed by atoms with Crippen LogP contribution in [0.1, 0.15) is 36.0 Å². The van der Waals surface area contributed by atoms with Crippen molar-refractivity contribution < 1.29 is 19.4 Å². The highest BCUT2D eigenvalue weighted by Crippen LogP contribution is 2.34. The molecule has 0 atom stereocenters. The molecule has 2 aliphatic rings. The second-order valence-electron chi connectivity index (χ2n) is 6.76. The summed E-state index contributed by atoms with van der Waals surface area (Å²) >= 11 is 0. The minimum Gasteiger partial charge on any atom is -0.496 e. The zero-order chi connectivity index (χ0) is 17.1. The molecule has 6 heteroatoms. The fourth-order valence-corrected chi connectivity index (χ4v) is 3.25. The maximum atomic E-state index is 12.4. The van der Waals surface area contributed by atoms with Gasteiger partial charge in [-0.2, -0.15) is 0 Å². The lowest BCUT2D eigenvalue weighted by molar-refractivity contribution is -0.139. The maximum Gasteiger partial charge on any atom is 0.317 e. The standard InChI is InChI=1S/C18H24N2O4/c1-24-16-5-3-2-4-15(16)18(23)19-13-8-14(9-13)20(11-17(21)22)10-12-6-7-12/h2-5,12-14H,6-11H2,1H3,(H,19,23)(H,21,22). The van der Waals surface area contributed by atoms with Crippen LogP contribution in [0.5, 0.6) is 5.75 Å². The monoisotopic (exact) mass is 332 g/mol. The number of carboxylic acids is 1. The fourth-order valence-electron chi connectivity index (χ4n) is 3.25. The number of carbonyl (C=O) groups is 2. The predicted octanol–water partition coefficient (Wildman–Crippen LogP) is 1.75. The molecule has 0 heterocycles. The Kier molecular flexibility index (Phi) is 5.04. The number of rotatable bonds is 8. The minimum absolute atomic E-state index is 0.0916. The largest absolute Gasteiger partial charge is 0.496 e. The average molecular weight is 332 g/mol. The van der Waals surface area contributed by atoms with E-state index in [1.165, 1.54) is 12.8 Å². The third-order valence-electron chi connectivity index (χ3n) is 4.84. The maximum absolute atomic E-state index is 12.4. The normalized spacial score (nSPS) is 22.8. The van der Waals surface area contributed by atoms with Gasteiger partial charge in [0.1, 0.15) is 5.75 Å². The highest BCUT2D eigenvalue weighted by Gasteiger charge is 2.37. The summed E-state index contributed by atoms with van der Waals surface area (Å²) in [5, 5.41) is 12.1. The van der Waals surface area contributed by atoms with Gasteiger partial charge in [-0.3, -0.25) is 14.5 Å². The van der Waals surface area contributed by atoms with Crippen molar-refractivity contribution in [3.8, 4) is 5.75 Å². The Bertz CT molecular complexity index is 609. The topological polar surface area (TPSA) is 78.9 Å². The molecule has 2 saturated carbocycles. The number of ether oxygens (including phenoxy) is 1. The summed E-state index contributed by atoms with van der Waals surface area (Å²) in [5.41, 5.74) is 0.531. The summed E-state index contributed by atoms with van der Waals surface area (Å²) in [5.74, 6) is 0.304. The van der Waals surface area contributed by atoms with E-state index in [0.29, 0.717) is 17.2 Å². The second-order valence-corrected chi connectivity index (χ2v) is 6.76. The Morgan fingerprint density at radius 3 is 2.62 bits per heavy atom. The molecule has 1 aromatic rings. The van der Waals surface area contributed by atoms with Crippen molar-refractivity contribution >= 4 is 11.9 Å². The van der Waals surface area contributed by atoms with Crippen LogP contribution in [0.3, 0.4) is 0 Å². The van der Waals surface area contributed by atoms with Crippen molar-refractivity contribution in [1.82, 2.24) is 10.2 Å². The van der Waals surface area contributed by atoms with E-state index in [1.54, 1.807) is 19.2 Å². The van der Waals surface area contributed by atoms with Gasteiger partial charge in [-0.05, 0) is 43.7 Å². The quantitative estimate of drug-likeness (QED) is 0.758. The van der Waals surface area contributed by atoms with E-state index in [2.05, 4.69) is 10.2 Å². The summed E-state index contributed by atoms with van der Waals surface area (Å²) in [7, 11) is 1.55. The van der Waals surface area contributed by atoms with Crippen LogP contribution in [-0.2, 0) is 4.79 Å². The van der Waals surface area contributed by atoms with Gasteiger partial charge in [0.05, 0.1) is 19.2 Å². The SMILES string of the molecule is COc1ccccc1C(=O)NC1CC(N(CC(=O)O)CC2CC2)C1. The molecule has 1 aromatic carbocycles. The molecule has 0 aliphatic heterocycles. The number of nitrogens with one attached hydrogen (secondary N) is 1. The summed E-state index contributed by atoms with van der Waals surface area (Å²) in [6.45, 7) is 0.957. The Labute approximate surface area is 141 Å². The van der Waals surface area contributed by atoms with Crippen molar-refractivity contribution in [3.63, 3.8) is 0 Å². The number of hydrogen-bond donors (Lipinski definition) is 2. The lowest BCUT2D eigenvalue weighted by Gasteiger charge is -2.42. The van der Waals surface area contributed by atoms with E-state index < -0.39 is 5.97 Å². The van der Waals surface area contributed by atoms with Gasteiger partial charge in [-0.1, -0.05) is 12.1 Å². The van der Waals surface area contributed by atoms with Gasteiger partial charge in [-0.15, -0.1) is 0 Å². The summed E-state index contributed by atoms with van der Waals surface area (Å²) in [6.07, 6.45) is 4.02. The zero-order valence-electron chi connectivity index (χ0n) is 13.9. The number of carboxylic acid groups (broad SMARTS) is 1. The average Bonchev–Trinajstić information content (AvgIpc) is 3.33. The fraction of sp³-hybridized carbons (Fsp3) is 0.556. The summed E-state index contributed by atoms with van der Waals surface area (Å²) < 4.78 is 5.22. The molecule has 6 nitrogen and oxygen atoms in total. The Morgan fingerprint density at radius 1 is 1.29 bits per heavy atom. The molecular formula is C18H24N2O4. The molecule has 130 valence electrons. The van der Waals surface area contributed by atoms with Gasteiger partial charge in [0.15, 0.2) is 0 Å². The minimum atomic E-state index is -0.780. The number of benzene rings is 1. The number of amides is 1. The first-order valence-electron chi connectivity index (χ1n) is 8.46. The van der Waals surface area contributed by atoms with Crippen LogP contribution < -0.4 is 10.1 Å². The third-order valence-corrected chi connectivity index (χ3v) is 4.84. The first-order valence-corrected chi connectivity index (χ1v) is 8.46. The van der Waals surface area contributed by atoms with Crippen LogP contribution in [0.4, 0.5) is 0 Å². The van der Waals surface area contributed by atoms with Crippen molar-refractivity contribution in [2.45, 2.75) is 37.8 Å². The van der Waals surface area contributed by atoms with Gasteiger partial charge >= 0.3 is 5.97 Å². The van der Waals surface area contributed by atoms with Crippen LogP contribution in [0.2, 0.25) is 0 Å². The van der Waals surface area contributed by atoms with Gasteiger partial charge in [0.2, 0.25) is 0 Å². The zero-order valence-corrected chi connectivity index (χ0v) is 13.9. The molecule has 24 heavy (non-hydrogen) atoms. The molecule has 0 aromatic heterocycles. The smallest absolute Gasteiger partial charge is 0.317 e. The Hall–Kier alpha value is -2.08. The van der Waals surface area contributed by atoms with Crippen LogP contribution in [-0.4, -0.2) is 54.2 Å². The third kappa shape index (κ3) is 4.06. The van der Waals surface area contributed by atoms with Crippen LogP contribution in [0, 0.1) is 5.92 Å². The number of nitrogens with zero attached hydrogens (tertiary/aromatic N) is 1. The molecule has 0 bridgehead atoms. The first kappa shape index (κ1) is 16.8. The van der Waals surface area contributed by atoms with Crippen molar-refractivity contribution in [2.24, 2.45) is 5.92 Å². The van der Waals surface area contributed by atoms with Gasteiger partial charge < -0.3 is 15.2 Å². The van der Waals surface area contributed by atoms with Gasteiger partial charge in [0.25, 0.3) is 5.91 Å². The lowest BCUT2D eigenvalue weighted by atomic mass is 9.85. The van der Waals surface area contributed by atoms with Gasteiger partial charge in [-0.25, -0.2) is 0 Å². The Morgan fingerprint density at radius 2 is 2.00 bits per heavy atom. The highest BCUT2D eigenvalue weighted by molar-refractivity contribution is 5.97. The molecule has 2 aliphatic carbocycles. The number of hydrogen-bond acceptors (Lipinski definition) is 4. The molecule has 2 N–H and O–H groups in total. The predicted molar refractivity (Wildman–Crippen MR) is 89.2 cm³/mol. The first-order chi connectivity index (χ1) is 11.6. The van der Waals surface area contributed by atoms with E-state index in [1.807, 2.05) is 12.1 Å². The molecule has 0 unspecified atom stereocenters. The number of para-hydroxylation sites is 1. The summed E-state index contributed by atoms with van der Waals surface area (Å²) in [6, 6.07) is 7.51. The van der Waals surface area contributed by atoms with Crippen molar-refractivity contribution in [1.29, 1.82) is 0 Å². The highest BCUT2D eigenvalue weighted by atomic mass is 16.5. The van der Waals surface area contributed by atoms with Crippen LogP contribution in [0.15, 0.2) is 24.3 Å².